The monoisotopic (exact) mass is 260 g/mol. The topological polar surface area (TPSA) is 26.3 Å². The van der Waals surface area contributed by atoms with Crippen molar-refractivity contribution in [3.8, 4) is 5.75 Å². The summed E-state index contributed by atoms with van der Waals surface area (Å²) in [7, 11) is 1.46. The summed E-state index contributed by atoms with van der Waals surface area (Å²) < 4.78 is 18.3. The Morgan fingerprint density at radius 2 is 2.29 bits per heavy atom. The molecule has 0 saturated heterocycles. The molecule has 0 aromatic heterocycles. The van der Waals surface area contributed by atoms with Crippen molar-refractivity contribution in [2.75, 3.05) is 12.4 Å². The third kappa shape index (κ3) is 2.54. The van der Waals surface area contributed by atoms with E-state index in [9.17, 15) is 9.18 Å². The molecule has 0 aliphatic carbocycles. The maximum Gasteiger partial charge on any atom is 0.148 e. The summed E-state index contributed by atoms with van der Waals surface area (Å²) in [6, 6.07) is 4.51. The molecule has 0 fully saturated rings. The van der Waals surface area contributed by atoms with E-state index in [-0.39, 0.29) is 17.5 Å². The van der Waals surface area contributed by atoms with Crippen molar-refractivity contribution in [3.63, 3.8) is 0 Å². The van der Waals surface area contributed by atoms with Crippen LogP contribution in [0.2, 0.25) is 0 Å². The molecule has 76 valence electrons. The zero-order valence-electron chi connectivity index (χ0n) is 7.72. The highest BCUT2D eigenvalue weighted by Gasteiger charge is 2.12. The van der Waals surface area contributed by atoms with E-state index in [1.807, 2.05) is 0 Å². The highest BCUT2D eigenvalue weighted by atomic mass is 79.9. The smallest absolute Gasteiger partial charge is 0.148 e. The molecule has 0 heterocycles. The molecule has 0 saturated carbocycles. The van der Waals surface area contributed by atoms with Gasteiger partial charge >= 0.3 is 0 Å². The number of ether oxygens (including phenoxy) is 1. The van der Waals surface area contributed by atoms with Crippen LogP contribution in [0.5, 0.6) is 5.75 Å². The number of rotatable bonds is 4. The normalized spacial score (nSPS) is 9.93. The highest BCUT2D eigenvalue weighted by molar-refractivity contribution is 9.09. The minimum absolute atomic E-state index is 0.0566. The van der Waals surface area contributed by atoms with Gasteiger partial charge in [0.05, 0.1) is 12.4 Å². The first-order valence-corrected chi connectivity index (χ1v) is 5.20. The predicted molar refractivity (Wildman–Crippen MR) is 55.5 cm³/mol. The summed E-state index contributed by atoms with van der Waals surface area (Å²) in [5.74, 6) is -0.0636. The van der Waals surface area contributed by atoms with Crippen molar-refractivity contribution in [2.45, 2.75) is 6.42 Å². The zero-order chi connectivity index (χ0) is 10.6. The van der Waals surface area contributed by atoms with E-state index in [0.717, 1.165) is 0 Å². The molecule has 1 aromatic carbocycles. The predicted octanol–water partition coefficient (Wildman–Crippen LogP) is 2.34. The molecule has 0 bridgehead atoms. The van der Waals surface area contributed by atoms with E-state index in [0.29, 0.717) is 11.3 Å². The van der Waals surface area contributed by atoms with Crippen LogP contribution < -0.4 is 4.74 Å². The van der Waals surface area contributed by atoms with Gasteiger partial charge in [-0.3, -0.25) is 4.79 Å². The summed E-state index contributed by atoms with van der Waals surface area (Å²) in [5.41, 5.74) is 0.319. The molecule has 0 radical (unpaired) electrons. The average Bonchev–Trinajstić information content (AvgIpc) is 2.20. The van der Waals surface area contributed by atoms with Crippen LogP contribution in [0.1, 0.15) is 5.56 Å². The van der Waals surface area contributed by atoms with Gasteiger partial charge in [0.25, 0.3) is 0 Å². The number of halogens is 2. The van der Waals surface area contributed by atoms with Gasteiger partial charge < -0.3 is 4.74 Å². The Hall–Kier alpha value is -0.900. The molecule has 2 nitrogen and oxygen atoms in total. The van der Waals surface area contributed by atoms with Crippen LogP contribution in [0, 0.1) is 5.82 Å². The van der Waals surface area contributed by atoms with E-state index in [1.54, 1.807) is 12.1 Å². The van der Waals surface area contributed by atoms with Gasteiger partial charge in [0, 0.05) is 12.0 Å². The Kier molecular flexibility index (Phi) is 4.07. The molecule has 0 atom stereocenters. The molecule has 0 unspecified atom stereocenters. The van der Waals surface area contributed by atoms with Gasteiger partial charge in [-0.25, -0.2) is 4.39 Å². The van der Waals surface area contributed by atoms with Crippen LogP contribution in [0.3, 0.4) is 0 Å². The minimum atomic E-state index is -0.404. The minimum Gasteiger partial charge on any atom is -0.496 e. The van der Waals surface area contributed by atoms with Crippen molar-refractivity contribution in [2.24, 2.45) is 0 Å². The van der Waals surface area contributed by atoms with Crippen LogP contribution in [0.15, 0.2) is 18.2 Å². The molecule has 1 aromatic rings. The summed E-state index contributed by atoms with van der Waals surface area (Å²) in [6.07, 6.45) is 0.0566. The van der Waals surface area contributed by atoms with Crippen molar-refractivity contribution in [1.82, 2.24) is 0 Å². The lowest BCUT2D eigenvalue weighted by molar-refractivity contribution is -0.115. The van der Waals surface area contributed by atoms with Gasteiger partial charge in [-0.2, -0.15) is 0 Å². The van der Waals surface area contributed by atoms with E-state index in [2.05, 4.69) is 15.9 Å². The molecule has 0 aliphatic heterocycles. The molecular formula is C10H10BrFO2. The third-order valence-electron chi connectivity index (χ3n) is 1.82. The fourth-order valence-corrected chi connectivity index (χ4v) is 1.34. The van der Waals surface area contributed by atoms with Gasteiger partial charge in [-0.1, -0.05) is 22.0 Å². The van der Waals surface area contributed by atoms with Crippen LogP contribution in [0.25, 0.3) is 0 Å². The number of hydrogen-bond acceptors (Lipinski definition) is 2. The van der Waals surface area contributed by atoms with E-state index < -0.39 is 5.82 Å². The first kappa shape index (κ1) is 11.2. The third-order valence-corrected chi connectivity index (χ3v) is 2.44. The van der Waals surface area contributed by atoms with Crippen LogP contribution in [-0.2, 0) is 11.2 Å². The number of ketones is 1. The SMILES string of the molecule is COc1cccc(F)c1CC(=O)CBr. The molecule has 14 heavy (non-hydrogen) atoms. The average molecular weight is 261 g/mol. The van der Waals surface area contributed by atoms with E-state index in [4.69, 9.17) is 4.74 Å². The van der Waals surface area contributed by atoms with Crippen LogP contribution in [-0.4, -0.2) is 18.2 Å². The van der Waals surface area contributed by atoms with E-state index >= 15 is 0 Å². The van der Waals surface area contributed by atoms with Crippen molar-refractivity contribution in [3.05, 3.63) is 29.6 Å². The largest absolute Gasteiger partial charge is 0.496 e. The number of hydrogen-bond donors (Lipinski definition) is 0. The molecular weight excluding hydrogens is 251 g/mol. The first-order chi connectivity index (χ1) is 6.69. The number of carbonyl (C=O) groups excluding carboxylic acids is 1. The molecule has 0 spiro atoms. The van der Waals surface area contributed by atoms with Crippen molar-refractivity contribution in [1.29, 1.82) is 0 Å². The first-order valence-electron chi connectivity index (χ1n) is 4.08. The fourth-order valence-electron chi connectivity index (χ4n) is 1.15. The second-order valence-electron chi connectivity index (χ2n) is 2.77. The number of alkyl halides is 1. The maximum absolute atomic E-state index is 13.3. The van der Waals surface area contributed by atoms with Crippen molar-refractivity contribution < 1.29 is 13.9 Å². The summed E-state index contributed by atoms with van der Waals surface area (Å²) in [5, 5.41) is 0.227. The molecule has 0 aliphatic rings. The lowest BCUT2D eigenvalue weighted by atomic mass is 10.1. The van der Waals surface area contributed by atoms with Crippen LogP contribution >= 0.6 is 15.9 Å². The summed E-state index contributed by atoms with van der Waals surface area (Å²) >= 11 is 3.03. The van der Waals surface area contributed by atoms with Gasteiger partial charge in [0.15, 0.2) is 0 Å². The highest BCUT2D eigenvalue weighted by Crippen LogP contribution is 2.21. The lowest BCUT2D eigenvalue weighted by Gasteiger charge is -2.07. The molecule has 4 heteroatoms. The maximum atomic E-state index is 13.3. The van der Waals surface area contributed by atoms with Gasteiger partial charge in [0.1, 0.15) is 17.3 Å². The Balaban J connectivity index is 2.98. The van der Waals surface area contributed by atoms with Crippen molar-refractivity contribution >= 4 is 21.7 Å². The van der Waals surface area contributed by atoms with Gasteiger partial charge in [-0.05, 0) is 12.1 Å². The number of carbonyl (C=O) groups is 1. The molecule has 0 amide bonds. The lowest BCUT2D eigenvalue weighted by Crippen LogP contribution is -2.07. The second kappa shape index (κ2) is 5.10. The standard InChI is InChI=1S/C10H10BrFO2/c1-14-10-4-2-3-9(12)8(10)5-7(13)6-11/h2-4H,5-6H2,1H3. The number of Topliss-reactive ketones (excluding diaryl/α,β-unsaturated/α-hetero) is 1. The van der Waals surface area contributed by atoms with Gasteiger partial charge in [0.2, 0.25) is 0 Å². The van der Waals surface area contributed by atoms with E-state index in [1.165, 1.54) is 13.2 Å². The zero-order valence-corrected chi connectivity index (χ0v) is 9.30. The van der Waals surface area contributed by atoms with Gasteiger partial charge in [-0.15, -0.1) is 0 Å². The second-order valence-corrected chi connectivity index (χ2v) is 3.33. The number of methoxy groups -OCH3 is 1. The Bertz CT molecular complexity index is 339. The molecule has 0 N–H and O–H groups in total. The summed E-state index contributed by atoms with van der Waals surface area (Å²) in [4.78, 5) is 11.1. The Morgan fingerprint density at radius 1 is 1.57 bits per heavy atom. The summed E-state index contributed by atoms with van der Waals surface area (Å²) in [6.45, 7) is 0. The Labute approximate surface area is 90.2 Å². The number of benzene rings is 1. The quantitative estimate of drug-likeness (QED) is 0.777. The van der Waals surface area contributed by atoms with Crippen LogP contribution in [0.4, 0.5) is 4.39 Å². The fraction of sp³-hybridized carbons (Fsp3) is 0.300. The molecule has 1 rings (SSSR count). The Morgan fingerprint density at radius 3 is 2.86 bits per heavy atom.